The molecule has 0 aliphatic carbocycles. The first kappa shape index (κ1) is 9.37. The maximum Gasteiger partial charge on any atom is 0.136 e. The Hall–Kier alpha value is -0.630. The summed E-state index contributed by atoms with van der Waals surface area (Å²) < 4.78 is 0. The average Bonchev–Trinajstić information content (AvgIpc) is 1.98. The smallest absolute Gasteiger partial charge is 0.136 e. The molecule has 0 aromatic carbocycles. The van der Waals surface area contributed by atoms with Crippen molar-refractivity contribution in [2.45, 2.75) is 31.7 Å². The Kier molecular flexibility index (Phi) is 6.08. The summed E-state index contributed by atoms with van der Waals surface area (Å²) in [5.41, 5.74) is 5.36. The van der Waals surface area contributed by atoms with E-state index in [-0.39, 0.29) is 6.04 Å². The molecule has 2 nitrogen and oxygen atoms in total. The van der Waals surface area contributed by atoms with Gasteiger partial charge in [0.05, 0.1) is 6.04 Å². The van der Waals surface area contributed by atoms with E-state index < -0.39 is 0 Å². The topological polar surface area (TPSA) is 43.1 Å². The molecule has 0 saturated carbocycles. The molecule has 58 valence electrons. The van der Waals surface area contributed by atoms with Gasteiger partial charge < -0.3 is 10.5 Å². The number of hydrogen-bond donors (Lipinski definition) is 1. The minimum absolute atomic E-state index is 0.259. The number of aldehydes is 1. The van der Waals surface area contributed by atoms with Crippen LogP contribution in [0.4, 0.5) is 0 Å². The van der Waals surface area contributed by atoms with Gasteiger partial charge in [0, 0.05) is 0 Å². The van der Waals surface area contributed by atoms with Crippen molar-refractivity contribution in [3.8, 4) is 0 Å². The van der Waals surface area contributed by atoms with Crippen molar-refractivity contribution < 1.29 is 4.79 Å². The molecule has 0 radical (unpaired) electrons. The van der Waals surface area contributed by atoms with Crippen molar-refractivity contribution in [1.29, 1.82) is 0 Å². The molecule has 0 bridgehead atoms. The Morgan fingerprint density at radius 2 is 2.20 bits per heavy atom. The largest absolute Gasteiger partial charge is 0.322 e. The first-order chi connectivity index (χ1) is 4.81. The third-order valence-electron chi connectivity index (χ3n) is 1.37. The molecular weight excluding hydrogens is 126 g/mol. The second kappa shape index (κ2) is 6.49. The Bertz CT molecular complexity index is 101. The predicted molar refractivity (Wildman–Crippen MR) is 42.7 cm³/mol. The molecule has 0 rings (SSSR count). The zero-order chi connectivity index (χ0) is 7.82. The quantitative estimate of drug-likeness (QED) is 0.344. The first-order valence-electron chi connectivity index (χ1n) is 3.63. The predicted octanol–water partition coefficient (Wildman–Crippen LogP) is 1.26. The molecule has 0 aromatic heterocycles. The van der Waals surface area contributed by atoms with Crippen LogP contribution in [0.15, 0.2) is 12.7 Å². The van der Waals surface area contributed by atoms with Gasteiger partial charge in [-0.3, -0.25) is 0 Å². The third kappa shape index (κ3) is 5.51. The lowest BCUT2D eigenvalue weighted by Crippen LogP contribution is -2.20. The Labute approximate surface area is 62.1 Å². The van der Waals surface area contributed by atoms with Gasteiger partial charge in [-0.25, -0.2) is 0 Å². The van der Waals surface area contributed by atoms with E-state index in [1.807, 2.05) is 6.08 Å². The Morgan fingerprint density at radius 1 is 1.50 bits per heavy atom. The molecular formula is C8H15NO. The molecule has 0 amide bonds. The van der Waals surface area contributed by atoms with Crippen LogP contribution in [0, 0.1) is 0 Å². The van der Waals surface area contributed by atoms with Crippen LogP contribution in [0.1, 0.15) is 25.7 Å². The van der Waals surface area contributed by atoms with Gasteiger partial charge in [-0.05, 0) is 19.3 Å². The fourth-order valence-electron chi connectivity index (χ4n) is 0.737. The molecule has 0 saturated heterocycles. The molecule has 2 N–H and O–H groups in total. The van der Waals surface area contributed by atoms with E-state index in [9.17, 15) is 4.79 Å². The third-order valence-corrected chi connectivity index (χ3v) is 1.37. The zero-order valence-corrected chi connectivity index (χ0v) is 6.25. The van der Waals surface area contributed by atoms with E-state index >= 15 is 0 Å². The fraction of sp³-hybridized carbons (Fsp3) is 0.625. The van der Waals surface area contributed by atoms with Crippen LogP contribution in [0.2, 0.25) is 0 Å². The van der Waals surface area contributed by atoms with E-state index in [0.29, 0.717) is 0 Å². The standard InChI is InChI=1S/C8H15NO/c1-2-3-4-5-6-8(9)7-10/h2,7-8H,1,3-6,9H2. The lowest BCUT2D eigenvalue weighted by molar-refractivity contribution is -0.109. The number of carbonyl (C=O) groups excluding carboxylic acids is 1. The summed E-state index contributed by atoms with van der Waals surface area (Å²) in [6.07, 6.45) is 6.61. The summed E-state index contributed by atoms with van der Waals surface area (Å²) in [6.45, 7) is 3.60. The van der Waals surface area contributed by atoms with Crippen LogP contribution in [0.3, 0.4) is 0 Å². The van der Waals surface area contributed by atoms with Gasteiger partial charge in [0.25, 0.3) is 0 Å². The van der Waals surface area contributed by atoms with Crippen LogP contribution in [0.25, 0.3) is 0 Å². The number of allylic oxidation sites excluding steroid dienone is 1. The minimum atomic E-state index is -0.259. The highest BCUT2D eigenvalue weighted by Gasteiger charge is 1.96. The average molecular weight is 141 g/mol. The van der Waals surface area contributed by atoms with E-state index in [4.69, 9.17) is 5.73 Å². The number of rotatable bonds is 6. The van der Waals surface area contributed by atoms with Crippen molar-refractivity contribution in [3.63, 3.8) is 0 Å². The fourth-order valence-corrected chi connectivity index (χ4v) is 0.737. The second-order valence-corrected chi connectivity index (χ2v) is 2.37. The van der Waals surface area contributed by atoms with E-state index in [1.165, 1.54) is 0 Å². The van der Waals surface area contributed by atoms with Crippen molar-refractivity contribution in [3.05, 3.63) is 12.7 Å². The molecule has 2 heteroatoms. The van der Waals surface area contributed by atoms with Gasteiger partial charge in [-0.15, -0.1) is 6.58 Å². The lowest BCUT2D eigenvalue weighted by Gasteiger charge is -2.00. The molecule has 1 atom stereocenters. The van der Waals surface area contributed by atoms with Crippen LogP contribution < -0.4 is 5.73 Å². The number of carbonyl (C=O) groups is 1. The first-order valence-corrected chi connectivity index (χ1v) is 3.63. The van der Waals surface area contributed by atoms with Crippen molar-refractivity contribution in [2.24, 2.45) is 5.73 Å². The van der Waals surface area contributed by atoms with E-state index in [1.54, 1.807) is 0 Å². The summed E-state index contributed by atoms with van der Waals surface area (Å²) in [5.74, 6) is 0. The van der Waals surface area contributed by atoms with Crippen LogP contribution in [-0.2, 0) is 4.79 Å². The lowest BCUT2D eigenvalue weighted by atomic mass is 10.1. The van der Waals surface area contributed by atoms with Gasteiger partial charge in [-0.1, -0.05) is 12.5 Å². The van der Waals surface area contributed by atoms with Gasteiger partial charge in [0.1, 0.15) is 6.29 Å². The molecule has 10 heavy (non-hydrogen) atoms. The van der Waals surface area contributed by atoms with Crippen LogP contribution in [0.5, 0.6) is 0 Å². The SMILES string of the molecule is C=CCCCCC(N)C=O. The number of hydrogen-bond acceptors (Lipinski definition) is 2. The van der Waals surface area contributed by atoms with Gasteiger partial charge in [0.2, 0.25) is 0 Å². The van der Waals surface area contributed by atoms with E-state index in [2.05, 4.69) is 6.58 Å². The van der Waals surface area contributed by atoms with Gasteiger partial charge >= 0.3 is 0 Å². The minimum Gasteiger partial charge on any atom is -0.322 e. The summed E-state index contributed by atoms with van der Waals surface area (Å²) in [5, 5.41) is 0. The van der Waals surface area contributed by atoms with Crippen molar-refractivity contribution >= 4 is 6.29 Å². The van der Waals surface area contributed by atoms with E-state index in [0.717, 1.165) is 32.0 Å². The highest BCUT2D eigenvalue weighted by molar-refractivity contribution is 5.56. The summed E-state index contributed by atoms with van der Waals surface area (Å²) in [7, 11) is 0. The maximum atomic E-state index is 10.0. The molecule has 0 heterocycles. The molecule has 0 spiro atoms. The second-order valence-electron chi connectivity index (χ2n) is 2.37. The van der Waals surface area contributed by atoms with Crippen molar-refractivity contribution in [1.82, 2.24) is 0 Å². The maximum absolute atomic E-state index is 10.0. The molecule has 0 aliphatic heterocycles. The number of unbranched alkanes of at least 4 members (excludes halogenated alkanes) is 2. The molecule has 0 fully saturated rings. The van der Waals surface area contributed by atoms with Crippen LogP contribution in [-0.4, -0.2) is 12.3 Å². The summed E-state index contributed by atoms with van der Waals surface area (Å²) >= 11 is 0. The summed E-state index contributed by atoms with van der Waals surface area (Å²) in [4.78, 5) is 10.0. The number of nitrogens with two attached hydrogens (primary N) is 1. The monoisotopic (exact) mass is 141 g/mol. The molecule has 0 aromatic rings. The summed E-state index contributed by atoms with van der Waals surface area (Å²) in [6, 6.07) is -0.259. The Morgan fingerprint density at radius 3 is 2.70 bits per heavy atom. The van der Waals surface area contributed by atoms with Crippen LogP contribution >= 0.6 is 0 Å². The van der Waals surface area contributed by atoms with Crippen molar-refractivity contribution in [2.75, 3.05) is 0 Å². The molecule has 1 unspecified atom stereocenters. The highest BCUT2D eigenvalue weighted by atomic mass is 16.1. The zero-order valence-electron chi connectivity index (χ0n) is 6.25. The van der Waals surface area contributed by atoms with Gasteiger partial charge in [0.15, 0.2) is 0 Å². The normalized spacial score (nSPS) is 12.5. The molecule has 0 aliphatic rings. The Balaban J connectivity index is 3.02. The van der Waals surface area contributed by atoms with Gasteiger partial charge in [-0.2, -0.15) is 0 Å². The highest BCUT2D eigenvalue weighted by Crippen LogP contribution is 2.00.